The summed E-state index contributed by atoms with van der Waals surface area (Å²) in [5.74, 6) is -0.0855. The summed E-state index contributed by atoms with van der Waals surface area (Å²) in [5.41, 5.74) is 0. The quantitative estimate of drug-likeness (QED) is 0.690. The van der Waals surface area contributed by atoms with Gasteiger partial charge < -0.3 is 5.11 Å². The molecule has 1 N–H and O–H groups in total. The highest BCUT2D eigenvalue weighted by Crippen LogP contribution is 2.36. The maximum atomic E-state index is 9.09. The van der Waals surface area contributed by atoms with Crippen LogP contribution in [0, 0.1) is 0 Å². The Morgan fingerprint density at radius 2 is 1.90 bits per heavy atom. The first-order valence-electron chi connectivity index (χ1n) is 2.45. The second kappa shape index (κ2) is 2.99. The van der Waals surface area contributed by atoms with Crippen molar-refractivity contribution in [3.05, 3.63) is 26.7 Å². The average molecular weight is 242 g/mol. The van der Waals surface area contributed by atoms with Crippen molar-refractivity contribution in [3.63, 3.8) is 0 Å². The molecule has 4 heteroatoms. The Labute approximate surface area is 76.7 Å². The fraction of sp³-hybridized carbons (Fsp3) is 0. The molecule has 1 aromatic rings. The van der Waals surface area contributed by atoms with Gasteiger partial charge in [0.05, 0.1) is 10.0 Å². The highest BCUT2D eigenvalue weighted by atomic mass is 79.9. The van der Waals surface area contributed by atoms with Gasteiger partial charge in [0.15, 0.2) is 5.75 Å². The molecule has 0 amide bonds. The number of hydrogen-bond donors (Lipinski definition) is 1. The summed E-state index contributed by atoms with van der Waals surface area (Å²) in [5, 5.41) is 9.59. The zero-order valence-electron chi connectivity index (χ0n) is 4.74. The Hall–Kier alpha value is 0.0800. The number of benzene rings is 1. The van der Waals surface area contributed by atoms with Crippen LogP contribution in [0.1, 0.15) is 0 Å². The van der Waals surface area contributed by atoms with Crippen LogP contribution in [0.2, 0.25) is 10.0 Å². The van der Waals surface area contributed by atoms with E-state index in [2.05, 4.69) is 15.9 Å². The Balaban J connectivity index is 3.34. The first-order chi connectivity index (χ1) is 4.63. The lowest BCUT2D eigenvalue weighted by atomic mass is 10.3. The van der Waals surface area contributed by atoms with Gasteiger partial charge in [0.1, 0.15) is 0 Å². The summed E-state index contributed by atoms with van der Waals surface area (Å²) in [6.45, 7) is 0. The first kappa shape index (κ1) is 8.18. The topological polar surface area (TPSA) is 20.2 Å². The van der Waals surface area contributed by atoms with Crippen LogP contribution >= 0.6 is 39.1 Å². The minimum Gasteiger partial charge on any atom is -0.505 e. The minimum absolute atomic E-state index is 0.0855. The summed E-state index contributed by atoms with van der Waals surface area (Å²) in [6, 6.07) is 3.23. The van der Waals surface area contributed by atoms with Crippen molar-refractivity contribution in [1.29, 1.82) is 0 Å². The lowest BCUT2D eigenvalue weighted by Crippen LogP contribution is -1.72. The molecule has 0 radical (unpaired) electrons. The van der Waals surface area contributed by atoms with E-state index in [0.717, 1.165) is 0 Å². The smallest absolute Gasteiger partial charge is 0.153 e. The monoisotopic (exact) mass is 240 g/mol. The van der Waals surface area contributed by atoms with E-state index in [0.29, 0.717) is 4.47 Å². The first-order valence-corrected chi connectivity index (χ1v) is 4.00. The standard InChI is InChI=1S/C6H3BrCl2O/c7-3-1-2-4(8)6(10)5(3)9/h1-2,10H. The third kappa shape index (κ3) is 1.39. The summed E-state index contributed by atoms with van der Waals surface area (Å²) in [7, 11) is 0. The fourth-order valence-corrected chi connectivity index (χ4v) is 1.21. The van der Waals surface area contributed by atoms with Crippen molar-refractivity contribution < 1.29 is 5.11 Å². The molecule has 0 saturated carbocycles. The van der Waals surface area contributed by atoms with E-state index in [1.54, 1.807) is 12.1 Å². The average Bonchev–Trinajstić information content (AvgIpc) is 1.93. The Bertz CT molecular complexity index is 235. The highest BCUT2D eigenvalue weighted by molar-refractivity contribution is 9.10. The molecule has 0 unspecified atom stereocenters. The normalized spacial score (nSPS) is 9.90. The molecule has 0 aromatic heterocycles. The molecule has 0 fully saturated rings. The molecule has 1 aromatic carbocycles. The van der Waals surface area contributed by atoms with Crippen LogP contribution in [-0.4, -0.2) is 5.11 Å². The van der Waals surface area contributed by atoms with Crippen molar-refractivity contribution >= 4 is 39.1 Å². The number of hydrogen-bond acceptors (Lipinski definition) is 1. The molecule has 54 valence electrons. The summed E-state index contributed by atoms with van der Waals surface area (Å²) in [4.78, 5) is 0. The fourth-order valence-electron chi connectivity index (χ4n) is 0.516. The Kier molecular flexibility index (Phi) is 2.45. The third-order valence-corrected chi connectivity index (χ3v) is 2.60. The van der Waals surface area contributed by atoms with Crippen molar-refractivity contribution in [2.24, 2.45) is 0 Å². The van der Waals surface area contributed by atoms with Crippen LogP contribution in [0.4, 0.5) is 0 Å². The van der Waals surface area contributed by atoms with E-state index >= 15 is 0 Å². The zero-order valence-corrected chi connectivity index (χ0v) is 7.83. The highest BCUT2D eigenvalue weighted by Gasteiger charge is 2.05. The maximum absolute atomic E-state index is 9.09. The minimum atomic E-state index is -0.0855. The van der Waals surface area contributed by atoms with Crippen LogP contribution in [0.5, 0.6) is 5.75 Å². The Morgan fingerprint density at radius 1 is 1.30 bits per heavy atom. The number of phenolic OH excluding ortho intramolecular Hbond substituents is 1. The van der Waals surface area contributed by atoms with Crippen LogP contribution in [0.3, 0.4) is 0 Å². The van der Waals surface area contributed by atoms with E-state index in [1.807, 2.05) is 0 Å². The molecule has 0 atom stereocenters. The van der Waals surface area contributed by atoms with Gasteiger partial charge in [0.2, 0.25) is 0 Å². The van der Waals surface area contributed by atoms with E-state index in [-0.39, 0.29) is 15.8 Å². The van der Waals surface area contributed by atoms with E-state index in [4.69, 9.17) is 28.3 Å². The molecule has 0 heterocycles. The van der Waals surface area contributed by atoms with Gasteiger partial charge in [-0.15, -0.1) is 0 Å². The molecule has 0 aliphatic carbocycles. The van der Waals surface area contributed by atoms with Gasteiger partial charge in [-0.3, -0.25) is 0 Å². The van der Waals surface area contributed by atoms with Gasteiger partial charge in [-0.2, -0.15) is 0 Å². The van der Waals surface area contributed by atoms with Crippen molar-refractivity contribution in [3.8, 4) is 5.75 Å². The predicted octanol–water partition coefficient (Wildman–Crippen LogP) is 3.46. The molecule has 0 aliphatic heterocycles. The summed E-state index contributed by atoms with van der Waals surface area (Å²) in [6.07, 6.45) is 0. The van der Waals surface area contributed by atoms with Gasteiger partial charge in [0, 0.05) is 4.47 Å². The summed E-state index contributed by atoms with van der Waals surface area (Å²) >= 11 is 14.3. The summed E-state index contributed by atoms with van der Waals surface area (Å²) < 4.78 is 0.635. The second-order valence-electron chi connectivity index (χ2n) is 1.69. The van der Waals surface area contributed by atoms with Crippen LogP contribution in [0.15, 0.2) is 16.6 Å². The molecule has 0 saturated heterocycles. The number of halogens is 3. The van der Waals surface area contributed by atoms with Crippen molar-refractivity contribution in [1.82, 2.24) is 0 Å². The third-order valence-electron chi connectivity index (χ3n) is 1.02. The number of aromatic hydroxyl groups is 1. The lowest BCUT2D eigenvalue weighted by molar-refractivity contribution is 0.475. The SMILES string of the molecule is Oc1c(Cl)ccc(Br)c1Cl. The number of rotatable bonds is 0. The van der Waals surface area contributed by atoms with Crippen molar-refractivity contribution in [2.45, 2.75) is 0 Å². The lowest BCUT2D eigenvalue weighted by Gasteiger charge is -1.99. The molecule has 1 nitrogen and oxygen atoms in total. The van der Waals surface area contributed by atoms with Crippen LogP contribution in [0.25, 0.3) is 0 Å². The van der Waals surface area contributed by atoms with Gasteiger partial charge in [-0.1, -0.05) is 23.2 Å². The van der Waals surface area contributed by atoms with Crippen LogP contribution < -0.4 is 0 Å². The largest absolute Gasteiger partial charge is 0.505 e. The van der Waals surface area contributed by atoms with Gasteiger partial charge in [0.25, 0.3) is 0 Å². The van der Waals surface area contributed by atoms with Gasteiger partial charge in [-0.25, -0.2) is 0 Å². The molecule has 10 heavy (non-hydrogen) atoms. The van der Waals surface area contributed by atoms with E-state index in [9.17, 15) is 0 Å². The van der Waals surface area contributed by atoms with Gasteiger partial charge in [-0.05, 0) is 28.1 Å². The molecule has 1 rings (SSSR count). The predicted molar refractivity (Wildman–Crippen MR) is 45.8 cm³/mol. The van der Waals surface area contributed by atoms with Crippen molar-refractivity contribution in [2.75, 3.05) is 0 Å². The maximum Gasteiger partial charge on any atom is 0.153 e. The number of phenols is 1. The molecule has 0 bridgehead atoms. The van der Waals surface area contributed by atoms with E-state index < -0.39 is 0 Å². The molecular formula is C6H3BrCl2O. The Morgan fingerprint density at radius 3 is 2.40 bits per heavy atom. The van der Waals surface area contributed by atoms with Crippen LogP contribution in [-0.2, 0) is 0 Å². The molecular weight excluding hydrogens is 239 g/mol. The van der Waals surface area contributed by atoms with Gasteiger partial charge >= 0.3 is 0 Å². The molecule has 0 spiro atoms. The van der Waals surface area contributed by atoms with E-state index in [1.165, 1.54) is 0 Å². The zero-order chi connectivity index (χ0) is 7.72. The molecule has 0 aliphatic rings. The second-order valence-corrected chi connectivity index (χ2v) is 3.33.